The van der Waals surface area contributed by atoms with Crippen LogP contribution >= 0.6 is 11.3 Å². The smallest absolute Gasteiger partial charge is 0.308 e. The van der Waals surface area contributed by atoms with Gasteiger partial charge in [-0.3, -0.25) is 4.79 Å². The van der Waals surface area contributed by atoms with Crippen LogP contribution in [0.5, 0.6) is 0 Å². The molecule has 0 aliphatic rings. The minimum Gasteiger partial charge on any atom is -0.466 e. The van der Waals surface area contributed by atoms with Gasteiger partial charge in [0.1, 0.15) is 0 Å². The molecule has 0 saturated heterocycles. The fraction of sp³-hybridized carbons (Fsp3) is 0.583. The van der Waals surface area contributed by atoms with Crippen LogP contribution in [-0.2, 0) is 9.53 Å². The Morgan fingerprint density at radius 2 is 2.41 bits per heavy atom. The fourth-order valence-electron chi connectivity index (χ4n) is 1.44. The maximum atomic E-state index is 11.1. The lowest BCUT2D eigenvalue weighted by Crippen LogP contribution is -2.31. The fourth-order valence-corrected chi connectivity index (χ4v) is 2.19. The number of esters is 1. The highest BCUT2D eigenvalue weighted by atomic mass is 32.1. The molecule has 96 valence electrons. The Kier molecular flexibility index (Phi) is 6.18. The van der Waals surface area contributed by atoms with Crippen LogP contribution in [0.2, 0.25) is 0 Å². The predicted octanol–water partition coefficient (Wildman–Crippen LogP) is 1.71. The monoisotopic (exact) mass is 257 g/mol. The maximum Gasteiger partial charge on any atom is 0.308 e. The summed E-state index contributed by atoms with van der Waals surface area (Å²) in [6.45, 7) is 4.51. The van der Waals surface area contributed by atoms with Gasteiger partial charge in [0.2, 0.25) is 0 Å². The molecule has 4 nitrogen and oxygen atoms in total. The number of thiophene rings is 1. The van der Waals surface area contributed by atoms with Gasteiger partial charge in [0.15, 0.2) is 0 Å². The lowest BCUT2D eigenvalue weighted by molar-refractivity contribution is -0.145. The van der Waals surface area contributed by atoms with E-state index in [2.05, 4.69) is 10.7 Å². The summed E-state index contributed by atoms with van der Waals surface area (Å²) >= 11 is 1.64. The highest BCUT2D eigenvalue weighted by Gasteiger charge is 2.13. The van der Waals surface area contributed by atoms with E-state index in [9.17, 15) is 9.90 Å². The standard InChI is InChI=1S/C12H19NO3S/c1-3-16-12(15)6-11(14)7-13-9(2)10-4-5-17-8-10/h4-5,8-9,11,13-14H,3,6-7H2,1-2H3. The zero-order valence-electron chi connectivity index (χ0n) is 10.2. The van der Waals surface area contributed by atoms with Gasteiger partial charge < -0.3 is 15.2 Å². The number of rotatable bonds is 7. The van der Waals surface area contributed by atoms with Gasteiger partial charge in [-0.15, -0.1) is 0 Å². The van der Waals surface area contributed by atoms with Crippen LogP contribution in [0.1, 0.15) is 31.9 Å². The maximum absolute atomic E-state index is 11.1. The number of carbonyl (C=O) groups excluding carboxylic acids is 1. The normalized spacial score (nSPS) is 14.3. The van der Waals surface area contributed by atoms with Crippen molar-refractivity contribution < 1.29 is 14.6 Å². The summed E-state index contributed by atoms with van der Waals surface area (Å²) in [4.78, 5) is 11.1. The summed E-state index contributed by atoms with van der Waals surface area (Å²) in [5.74, 6) is -0.356. The van der Waals surface area contributed by atoms with E-state index in [1.165, 1.54) is 5.56 Å². The van der Waals surface area contributed by atoms with Crippen molar-refractivity contribution in [1.82, 2.24) is 5.32 Å². The van der Waals surface area contributed by atoms with Gasteiger partial charge in [0.05, 0.1) is 19.1 Å². The zero-order chi connectivity index (χ0) is 12.7. The minimum absolute atomic E-state index is 0.0389. The van der Waals surface area contributed by atoms with Gasteiger partial charge in [-0.05, 0) is 36.2 Å². The molecule has 2 atom stereocenters. The number of hydrogen-bond acceptors (Lipinski definition) is 5. The van der Waals surface area contributed by atoms with Crippen molar-refractivity contribution >= 4 is 17.3 Å². The second-order valence-electron chi connectivity index (χ2n) is 3.85. The van der Waals surface area contributed by atoms with Crippen LogP contribution in [-0.4, -0.2) is 30.3 Å². The second-order valence-corrected chi connectivity index (χ2v) is 4.63. The van der Waals surface area contributed by atoms with E-state index in [-0.39, 0.29) is 18.4 Å². The van der Waals surface area contributed by atoms with Crippen LogP contribution in [0.25, 0.3) is 0 Å². The third kappa shape index (κ3) is 5.30. The molecule has 5 heteroatoms. The molecule has 0 saturated carbocycles. The summed E-state index contributed by atoms with van der Waals surface area (Å²) in [6, 6.07) is 2.22. The molecule has 0 aromatic carbocycles. The number of nitrogens with one attached hydrogen (secondary N) is 1. The summed E-state index contributed by atoms with van der Waals surface area (Å²) in [6.07, 6.45) is -0.660. The quantitative estimate of drug-likeness (QED) is 0.730. The van der Waals surface area contributed by atoms with E-state index in [0.29, 0.717) is 13.2 Å². The Hall–Kier alpha value is -0.910. The minimum atomic E-state index is -0.699. The van der Waals surface area contributed by atoms with Crippen molar-refractivity contribution in [2.75, 3.05) is 13.2 Å². The molecule has 2 N–H and O–H groups in total. The van der Waals surface area contributed by atoms with Crippen molar-refractivity contribution in [3.8, 4) is 0 Å². The Morgan fingerprint density at radius 3 is 3.00 bits per heavy atom. The van der Waals surface area contributed by atoms with Crippen molar-refractivity contribution in [1.29, 1.82) is 0 Å². The summed E-state index contributed by atoms with van der Waals surface area (Å²) in [5.41, 5.74) is 1.19. The molecule has 0 spiro atoms. The van der Waals surface area contributed by atoms with Gasteiger partial charge >= 0.3 is 5.97 Å². The first-order valence-electron chi connectivity index (χ1n) is 5.72. The number of carbonyl (C=O) groups is 1. The van der Waals surface area contributed by atoms with Crippen LogP contribution in [0.15, 0.2) is 16.8 Å². The molecule has 1 rings (SSSR count). The first-order chi connectivity index (χ1) is 8.13. The molecule has 0 bridgehead atoms. The Bertz CT molecular complexity index is 327. The van der Waals surface area contributed by atoms with E-state index in [0.717, 1.165) is 0 Å². The van der Waals surface area contributed by atoms with Crippen LogP contribution in [0.4, 0.5) is 0 Å². The molecule has 1 aromatic heterocycles. The van der Waals surface area contributed by atoms with E-state index < -0.39 is 6.10 Å². The number of ether oxygens (including phenoxy) is 1. The summed E-state index contributed by atoms with van der Waals surface area (Å²) in [7, 11) is 0. The van der Waals surface area contributed by atoms with Crippen molar-refractivity contribution in [2.45, 2.75) is 32.4 Å². The van der Waals surface area contributed by atoms with Crippen LogP contribution in [0.3, 0.4) is 0 Å². The van der Waals surface area contributed by atoms with Crippen molar-refractivity contribution in [3.63, 3.8) is 0 Å². The first kappa shape index (κ1) is 14.2. The molecule has 0 fully saturated rings. The Balaban J connectivity index is 2.23. The number of hydrogen-bond donors (Lipinski definition) is 2. The topological polar surface area (TPSA) is 58.6 Å². The Labute approximate surface area is 106 Å². The highest BCUT2D eigenvalue weighted by molar-refractivity contribution is 7.07. The summed E-state index contributed by atoms with van der Waals surface area (Å²) < 4.78 is 4.77. The Morgan fingerprint density at radius 1 is 1.65 bits per heavy atom. The first-order valence-corrected chi connectivity index (χ1v) is 6.67. The second kappa shape index (κ2) is 7.42. The van der Waals surface area contributed by atoms with Crippen molar-refractivity contribution in [2.24, 2.45) is 0 Å². The van der Waals surface area contributed by atoms with Gasteiger partial charge in [-0.2, -0.15) is 11.3 Å². The molecule has 0 aliphatic carbocycles. The van der Waals surface area contributed by atoms with Gasteiger partial charge in [0.25, 0.3) is 0 Å². The molecule has 0 aliphatic heterocycles. The third-order valence-corrected chi connectivity index (χ3v) is 3.11. The largest absolute Gasteiger partial charge is 0.466 e. The molecule has 1 heterocycles. The lowest BCUT2D eigenvalue weighted by atomic mass is 10.1. The third-order valence-electron chi connectivity index (χ3n) is 2.41. The van der Waals surface area contributed by atoms with E-state index in [4.69, 9.17) is 4.74 Å². The summed E-state index contributed by atoms with van der Waals surface area (Å²) in [5, 5.41) is 16.9. The van der Waals surface area contributed by atoms with E-state index in [1.807, 2.05) is 18.4 Å². The predicted molar refractivity (Wildman–Crippen MR) is 68.0 cm³/mol. The molecular formula is C12H19NO3S. The molecule has 2 unspecified atom stereocenters. The van der Waals surface area contributed by atoms with Gasteiger partial charge in [0, 0.05) is 12.6 Å². The molecule has 0 amide bonds. The molecule has 17 heavy (non-hydrogen) atoms. The van der Waals surface area contributed by atoms with E-state index in [1.54, 1.807) is 18.3 Å². The van der Waals surface area contributed by atoms with Gasteiger partial charge in [-0.1, -0.05) is 0 Å². The molecule has 0 radical (unpaired) electrons. The van der Waals surface area contributed by atoms with Crippen LogP contribution < -0.4 is 5.32 Å². The lowest BCUT2D eigenvalue weighted by Gasteiger charge is -2.15. The highest BCUT2D eigenvalue weighted by Crippen LogP contribution is 2.15. The van der Waals surface area contributed by atoms with E-state index >= 15 is 0 Å². The van der Waals surface area contributed by atoms with Gasteiger partial charge in [-0.25, -0.2) is 0 Å². The average Bonchev–Trinajstić information content (AvgIpc) is 2.79. The van der Waals surface area contributed by atoms with Crippen molar-refractivity contribution in [3.05, 3.63) is 22.4 Å². The molecule has 1 aromatic rings. The number of aliphatic hydroxyl groups is 1. The average molecular weight is 257 g/mol. The SMILES string of the molecule is CCOC(=O)CC(O)CNC(C)c1ccsc1. The number of aliphatic hydroxyl groups excluding tert-OH is 1. The molecular weight excluding hydrogens is 238 g/mol. The van der Waals surface area contributed by atoms with Crippen LogP contribution in [0, 0.1) is 0 Å². The zero-order valence-corrected chi connectivity index (χ0v) is 11.0.